The molecule has 2 aliphatic rings. The summed E-state index contributed by atoms with van der Waals surface area (Å²) in [5.74, 6) is 1.88. The first kappa shape index (κ1) is 19.9. The van der Waals surface area contributed by atoms with Crippen LogP contribution in [0.4, 0.5) is 11.5 Å². The summed E-state index contributed by atoms with van der Waals surface area (Å²) in [6.07, 6.45) is 0.218. The second kappa shape index (κ2) is 7.89. The third-order valence-electron chi connectivity index (χ3n) is 5.85. The zero-order chi connectivity index (χ0) is 21.5. The fraction of sp³-hybridized carbons (Fsp3) is 0.292. The van der Waals surface area contributed by atoms with Gasteiger partial charge in [-0.1, -0.05) is 24.3 Å². The number of rotatable bonds is 4. The Balaban J connectivity index is 1.40. The van der Waals surface area contributed by atoms with Crippen LogP contribution in [0.25, 0.3) is 5.69 Å². The van der Waals surface area contributed by atoms with Crippen LogP contribution in [-0.2, 0) is 21.1 Å². The fourth-order valence-corrected chi connectivity index (χ4v) is 5.27. The highest BCUT2D eigenvalue weighted by Crippen LogP contribution is 2.37. The second-order valence-corrected chi connectivity index (χ2v) is 9.24. The molecular formula is C24H24N4O2S. The van der Waals surface area contributed by atoms with E-state index in [1.54, 1.807) is 16.7 Å². The van der Waals surface area contributed by atoms with Crippen molar-refractivity contribution in [2.75, 3.05) is 16.8 Å². The van der Waals surface area contributed by atoms with Gasteiger partial charge in [-0.2, -0.15) is 16.9 Å². The molecule has 2 aliphatic heterocycles. The number of thioether (sulfide) groups is 1. The van der Waals surface area contributed by atoms with Crippen molar-refractivity contribution in [3.8, 4) is 5.69 Å². The Hall–Kier alpha value is -3.06. The van der Waals surface area contributed by atoms with Crippen LogP contribution < -0.4 is 10.2 Å². The van der Waals surface area contributed by atoms with Crippen molar-refractivity contribution in [3.63, 3.8) is 0 Å². The lowest BCUT2D eigenvalue weighted by Gasteiger charge is -2.17. The molecule has 1 fully saturated rings. The van der Waals surface area contributed by atoms with E-state index < -0.39 is 5.92 Å². The highest BCUT2D eigenvalue weighted by molar-refractivity contribution is 7.98. The molecule has 5 rings (SSSR count). The van der Waals surface area contributed by atoms with Crippen molar-refractivity contribution < 1.29 is 9.59 Å². The monoisotopic (exact) mass is 432 g/mol. The zero-order valence-corrected chi connectivity index (χ0v) is 18.4. The summed E-state index contributed by atoms with van der Waals surface area (Å²) in [7, 11) is 0. The van der Waals surface area contributed by atoms with Crippen LogP contribution in [0.5, 0.6) is 0 Å². The van der Waals surface area contributed by atoms with E-state index in [2.05, 4.69) is 11.4 Å². The molecule has 2 aromatic carbocycles. The van der Waals surface area contributed by atoms with Crippen molar-refractivity contribution >= 4 is 35.1 Å². The number of hydrogen-bond donors (Lipinski definition) is 1. The summed E-state index contributed by atoms with van der Waals surface area (Å²) in [6.45, 7) is 4.43. The van der Waals surface area contributed by atoms with Gasteiger partial charge in [0.2, 0.25) is 11.8 Å². The van der Waals surface area contributed by atoms with E-state index in [1.165, 1.54) is 0 Å². The molecule has 6 nitrogen and oxygen atoms in total. The number of benzene rings is 2. The highest BCUT2D eigenvalue weighted by Gasteiger charge is 2.36. The van der Waals surface area contributed by atoms with Crippen LogP contribution in [0, 0.1) is 19.8 Å². The lowest BCUT2D eigenvalue weighted by atomic mass is 10.1. The van der Waals surface area contributed by atoms with Crippen molar-refractivity contribution in [1.29, 1.82) is 0 Å². The molecule has 0 aliphatic carbocycles. The van der Waals surface area contributed by atoms with Crippen molar-refractivity contribution in [3.05, 3.63) is 70.9 Å². The van der Waals surface area contributed by atoms with Crippen LogP contribution in [0.2, 0.25) is 0 Å². The Morgan fingerprint density at radius 1 is 1.06 bits per heavy atom. The largest absolute Gasteiger partial charge is 0.312 e. The first-order valence-corrected chi connectivity index (χ1v) is 11.6. The van der Waals surface area contributed by atoms with Crippen LogP contribution in [-0.4, -0.2) is 28.1 Å². The minimum absolute atomic E-state index is 0.0151. The number of aromatic nitrogens is 2. The molecule has 0 spiro atoms. The summed E-state index contributed by atoms with van der Waals surface area (Å²) < 4.78 is 1.84. The van der Waals surface area contributed by atoms with Gasteiger partial charge < -0.3 is 10.2 Å². The van der Waals surface area contributed by atoms with Crippen molar-refractivity contribution in [2.45, 2.75) is 31.8 Å². The molecule has 1 saturated heterocycles. The van der Waals surface area contributed by atoms with E-state index in [0.29, 0.717) is 6.54 Å². The van der Waals surface area contributed by atoms with Gasteiger partial charge in [0, 0.05) is 35.7 Å². The smallest absolute Gasteiger partial charge is 0.230 e. The Labute approximate surface area is 185 Å². The number of amides is 2. The standard InChI is InChI=1S/C24H24N4O2S/c1-15-5-3-7-18(9-15)27-12-17(11-22(27)29)24(30)25-23-20-13-31-14-21(20)26-28(23)19-8-4-6-16(2)10-19/h3-10,17H,11-14H2,1-2H3,(H,25,30). The normalized spacial score (nSPS) is 17.8. The topological polar surface area (TPSA) is 67.2 Å². The van der Waals surface area contributed by atoms with Gasteiger partial charge in [-0.3, -0.25) is 9.59 Å². The molecule has 2 amide bonds. The number of carbonyl (C=O) groups excluding carboxylic acids is 2. The van der Waals surface area contributed by atoms with Gasteiger partial charge in [0.25, 0.3) is 0 Å². The minimum atomic E-state index is -0.390. The number of carbonyl (C=O) groups is 2. The maximum absolute atomic E-state index is 13.2. The summed E-state index contributed by atoms with van der Waals surface area (Å²) >= 11 is 1.80. The van der Waals surface area contributed by atoms with E-state index in [-0.39, 0.29) is 18.2 Å². The molecule has 1 aromatic heterocycles. The molecular weight excluding hydrogens is 408 g/mol. The first-order chi connectivity index (χ1) is 15.0. The number of fused-ring (bicyclic) bond motifs is 1. The maximum Gasteiger partial charge on any atom is 0.230 e. The predicted octanol–water partition coefficient (Wildman–Crippen LogP) is 4.23. The van der Waals surface area contributed by atoms with Gasteiger partial charge in [-0.05, 0) is 49.2 Å². The van der Waals surface area contributed by atoms with Crippen LogP contribution in [0.15, 0.2) is 48.5 Å². The van der Waals surface area contributed by atoms with Gasteiger partial charge in [0.15, 0.2) is 0 Å². The molecule has 3 aromatic rings. The van der Waals surface area contributed by atoms with E-state index in [0.717, 1.165) is 51.1 Å². The molecule has 31 heavy (non-hydrogen) atoms. The highest BCUT2D eigenvalue weighted by atomic mass is 32.2. The molecule has 7 heteroatoms. The minimum Gasteiger partial charge on any atom is -0.312 e. The summed E-state index contributed by atoms with van der Waals surface area (Å²) in [4.78, 5) is 27.6. The van der Waals surface area contributed by atoms with Gasteiger partial charge in [0.1, 0.15) is 5.82 Å². The lowest BCUT2D eigenvalue weighted by molar-refractivity contribution is -0.122. The molecule has 158 valence electrons. The fourth-order valence-electron chi connectivity index (χ4n) is 4.24. The van der Waals surface area contributed by atoms with Crippen LogP contribution >= 0.6 is 11.8 Å². The summed E-state index contributed by atoms with van der Waals surface area (Å²) in [5.41, 5.74) is 6.11. The van der Waals surface area contributed by atoms with Gasteiger partial charge >= 0.3 is 0 Å². The molecule has 1 atom stereocenters. The molecule has 0 radical (unpaired) electrons. The third kappa shape index (κ3) is 3.74. The average Bonchev–Trinajstić information content (AvgIpc) is 3.44. The van der Waals surface area contributed by atoms with Gasteiger partial charge in [-0.15, -0.1) is 0 Å². The molecule has 0 saturated carbocycles. The van der Waals surface area contributed by atoms with Gasteiger partial charge in [-0.25, -0.2) is 4.68 Å². The Morgan fingerprint density at radius 3 is 2.52 bits per heavy atom. The molecule has 3 heterocycles. The summed E-state index contributed by atoms with van der Waals surface area (Å²) in [6, 6.07) is 15.9. The number of nitrogens with one attached hydrogen (secondary N) is 1. The Kier molecular flexibility index (Phi) is 5.06. The average molecular weight is 433 g/mol. The van der Waals surface area contributed by atoms with E-state index in [9.17, 15) is 9.59 Å². The molecule has 0 bridgehead atoms. The van der Waals surface area contributed by atoms with Gasteiger partial charge in [0.05, 0.1) is 17.3 Å². The number of nitrogens with zero attached hydrogens (tertiary/aromatic N) is 3. The predicted molar refractivity (Wildman–Crippen MR) is 124 cm³/mol. The number of anilines is 2. The Bertz CT molecular complexity index is 1190. The number of aryl methyl sites for hydroxylation is 2. The van der Waals surface area contributed by atoms with E-state index >= 15 is 0 Å². The van der Waals surface area contributed by atoms with E-state index in [1.807, 2.05) is 61.0 Å². The zero-order valence-electron chi connectivity index (χ0n) is 17.6. The van der Waals surface area contributed by atoms with Crippen LogP contribution in [0.1, 0.15) is 28.8 Å². The molecule has 1 unspecified atom stereocenters. The maximum atomic E-state index is 13.2. The quantitative estimate of drug-likeness (QED) is 0.670. The Morgan fingerprint density at radius 2 is 1.77 bits per heavy atom. The first-order valence-electron chi connectivity index (χ1n) is 10.4. The molecule has 1 N–H and O–H groups in total. The van der Waals surface area contributed by atoms with Crippen molar-refractivity contribution in [1.82, 2.24) is 9.78 Å². The van der Waals surface area contributed by atoms with Crippen LogP contribution in [0.3, 0.4) is 0 Å². The van der Waals surface area contributed by atoms with E-state index in [4.69, 9.17) is 5.10 Å². The number of hydrogen-bond acceptors (Lipinski definition) is 4. The third-order valence-corrected chi connectivity index (χ3v) is 6.82. The summed E-state index contributed by atoms with van der Waals surface area (Å²) in [5, 5.41) is 7.90. The second-order valence-electron chi connectivity index (χ2n) is 8.25. The SMILES string of the molecule is Cc1cccc(N2CC(C(=O)Nc3c4c(nn3-c3cccc(C)c3)CSC4)CC2=O)c1. The van der Waals surface area contributed by atoms with Crippen molar-refractivity contribution in [2.24, 2.45) is 5.92 Å². The lowest BCUT2D eigenvalue weighted by Crippen LogP contribution is -2.29.